The highest BCUT2D eigenvalue weighted by Crippen LogP contribution is 2.13. The second kappa shape index (κ2) is 20.7. The average molecular weight is 311 g/mol. The van der Waals surface area contributed by atoms with Gasteiger partial charge in [0.25, 0.3) is 0 Å². The van der Waals surface area contributed by atoms with Crippen molar-refractivity contribution in [2.45, 2.75) is 110 Å². The van der Waals surface area contributed by atoms with Crippen LogP contribution in [0.2, 0.25) is 0 Å². The summed E-state index contributed by atoms with van der Waals surface area (Å²) in [6, 6.07) is 0. The van der Waals surface area contributed by atoms with E-state index >= 15 is 0 Å². The van der Waals surface area contributed by atoms with E-state index in [1.165, 1.54) is 103 Å². The fourth-order valence-electron chi connectivity index (χ4n) is 2.92. The Morgan fingerprint density at radius 2 is 0.955 bits per heavy atom. The lowest BCUT2D eigenvalue weighted by molar-refractivity contribution is 0.233. The summed E-state index contributed by atoms with van der Waals surface area (Å²) in [6.07, 6.45) is 27.2. The molecule has 0 fully saturated rings. The minimum Gasteiger partial charge on any atom is -0.381 e. The fraction of sp³-hybridized carbons (Fsp3) is 0.905. The van der Waals surface area contributed by atoms with Gasteiger partial charge in [-0.3, -0.25) is 0 Å². The lowest BCUT2D eigenvalue weighted by Crippen LogP contribution is -1.83. The van der Waals surface area contributed by atoms with E-state index in [4.69, 9.17) is 4.74 Å². The maximum Gasteiger partial charge on any atom is 0.0643 e. The van der Waals surface area contributed by atoms with Gasteiger partial charge in [-0.05, 0) is 12.8 Å². The van der Waals surface area contributed by atoms with Crippen molar-refractivity contribution in [3.05, 3.63) is 12.2 Å². The van der Waals surface area contributed by atoms with Crippen LogP contribution in [0.3, 0.4) is 0 Å². The van der Waals surface area contributed by atoms with E-state index in [9.17, 15) is 0 Å². The lowest BCUT2D eigenvalue weighted by atomic mass is 10.0. The summed E-state index contributed by atoms with van der Waals surface area (Å²) in [4.78, 5) is 0. The van der Waals surface area contributed by atoms with Gasteiger partial charge in [0, 0.05) is 7.11 Å². The molecule has 0 heterocycles. The van der Waals surface area contributed by atoms with Crippen LogP contribution in [0.1, 0.15) is 110 Å². The summed E-state index contributed by atoms with van der Waals surface area (Å²) in [5.74, 6) is 0. The molecule has 0 aliphatic rings. The van der Waals surface area contributed by atoms with Gasteiger partial charge in [-0.25, -0.2) is 0 Å². The quantitative estimate of drug-likeness (QED) is 0.189. The minimum absolute atomic E-state index is 0.763. The lowest BCUT2D eigenvalue weighted by Gasteiger charge is -2.03. The van der Waals surface area contributed by atoms with Crippen LogP contribution in [0.5, 0.6) is 0 Å². The van der Waals surface area contributed by atoms with E-state index in [1.54, 1.807) is 7.11 Å². The predicted molar refractivity (Wildman–Crippen MR) is 101 cm³/mol. The van der Waals surface area contributed by atoms with Crippen LogP contribution in [-0.4, -0.2) is 13.7 Å². The number of allylic oxidation sites excluding steroid dienone is 1. The third-order valence-electron chi connectivity index (χ3n) is 4.40. The predicted octanol–water partition coefficient (Wildman–Crippen LogP) is 7.45. The van der Waals surface area contributed by atoms with Gasteiger partial charge in [0.05, 0.1) is 6.61 Å². The topological polar surface area (TPSA) is 9.23 Å². The molecule has 0 rings (SSSR count). The van der Waals surface area contributed by atoms with Crippen molar-refractivity contribution in [1.82, 2.24) is 0 Å². The summed E-state index contributed by atoms with van der Waals surface area (Å²) in [5.41, 5.74) is 0. The van der Waals surface area contributed by atoms with Gasteiger partial charge in [0.15, 0.2) is 0 Å². The van der Waals surface area contributed by atoms with Crippen LogP contribution in [-0.2, 0) is 4.74 Å². The largest absolute Gasteiger partial charge is 0.381 e. The SMILES string of the molecule is CCCCCCCCCCCCCCCCCC=CCOC. The van der Waals surface area contributed by atoms with Gasteiger partial charge in [-0.2, -0.15) is 0 Å². The Kier molecular flexibility index (Phi) is 20.4. The van der Waals surface area contributed by atoms with E-state index < -0.39 is 0 Å². The zero-order valence-corrected chi connectivity index (χ0v) is 15.6. The first-order valence-corrected chi connectivity index (χ1v) is 10.1. The maximum atomic E-state index is 4.98. The monoisotopic (exact) mass is 310 g/mol. The average Bonchev–Trinajstić information content (AvgIpc) is 2.54. The van der Waals surface area contributed by atoms with Gasteiger partial charge in [0.2, 0.25) is 0 Å². The zero-order valence-electron chi connectivity index (χ0n) is 15.6. The van der Waals surface area contributed by atoms with E-state index in [0.29, 0.717) is 0 Å². The number of hydrogen-bond donors (Lipinski definition) is 0. The first-order valence-electron chi connectivity index (χ1n) is 10.1. The van der Waals surface area contributed by atoms with Crippen molar-refractivity contribution in [1.29, 1.82) is 0 Å². The van der Waals surface area contributed by atoms with Gasteiger partial charge < -0.3 is 4.74 Å². The molecule has 0 saturated carbocycles. The highest BCUT2D eigenvalue weighted by Gasteiger charge is 1.94. The van der Waals surface area contributed by atoms with Crippen LogP contribution < -0.4 is 0 Å². The Bertz CT molecular complexity index is 210. The van der Waals surface area contributed by atoms with Crippen molar-refractivity contribution in [3.8, 4) is 0 Å². The Morgan fingerprint density at radius 1 is 0.545 bits per heavy atom. The molecule has 0 atom stereocenters. The molecule has 0 aromatic rings. The first kappa shape index (κ1) is 21.7. The molecule has 1 nitrogen and oxygen atoms in total. The van der Waals surface area contributed by atoms with E-state index in [2.05, 4.69) is 19.1 Å². The Balaban J connectivity index is 2.97. The summed E-state index contributed by atoms with van der Waals surface area (Å²) in [6.45, 7) is 3.05. The van der Waals surface area contributed by atoms with Crippen LogP contribution in [0, 0.1) is 0 Å². The molecule has 0 bridgehead atoms. The normalized spacial score (nSPS) is 11.5. The second-order valence-electron chi connectivity index (χ2n) is 6.67. The summed E-state index contributed by atoms with van der Waals surface area (Å²) >= 11 is 0. The van der Waals surface area contributed by atoms with Crippen molar-refractivity contribution < 1.29 is 4.74 Å². The Morgan fingerprint density at radius 3 is 1.36 bits per heavy atom. The number of methoxy groups -OCH3 is 1. The summed E-state index contributed by atoms with van der Waals surface area (Å²) in [5, 5.41) is 0. The molecule has 0 aliphatic carbocycles. The second-order valence-corrected chi connectivity index (χ2v) is 6.67. The first-order chi connectivity index (χ1) is 10.9. The molecule has 0 amide bonds. The van der Waals surface area contributed by atoms with Crippen LogP contribution >= 0.6 is 0 Å². The van der Waals surface area contributed by atoms with Gasteiger partial charge in [-0.15, -0.1) is 0 Å². The molecule has 0 radical (unpaired) electrons. The minimum atomic E-state index is 0.763. The molecule has 0 N–H and O–H groups in total. The van der Waals surface area contributed by atoms with Crippen molar-refractivity contribution in [2.75, 3.05) is 13.7 Å². The van der Waals surface area contributed by atoms with E-state index in [1.807, 2.05) is 0 Å². The molecule has 132 valence electrons. The van der Waals surface area contributed by atoms with Crippen molar-refractivity contribution >= 4 is 0 Å². The molecule has 0 aliphatic heterocycles. The Labute approximate surface area is 140 Å². The molecule has 0 unspecified atom stereocenters. The summed E-state index contributed by atoms with van der Waals surface area (Å²) in [7, 11) is 1.75. The highest BCUT2D eigenvalue weighted by molar-refractivity contribution is 4.80. The van der Waals surface area contributed by atoms with Crippen molar-refractivity contribution in [3.63, 3.8) is 0 Å². The molecule has 22 heavy (non-hydrogen) atoms. The zero-order chi connectivity index (χ0) is 16.1. The number of hydrogen-bond acceptors (Lipinski definition) is 1. The number of rotatable bonds is 18. The maximum absolute atomic E-state index is 4.98. The molecular formula is C21H42O. The molecule has 1 heteroatoms. The van der Waals surface area contributed by atoms with E-state index in [0.717, 1.165) is 6.61 Å². The third kappa shape index (κ3) is 19.7. The molecular weight excluding hydrogens is 268 g/mol. The molecule has 0 spiro atoms. The number of ether oxygens (including phenoxy) is 1. The summed E-state index contributed by atoms with van der Waals surface area (Å²) < 4.78 is 4.98. The number of unbranched alkanes of at least 4 members (excludes halogenated alkanes) is 15. The van der Waals surface area contributed by atoms with Crippen LogP contribution in [0.15, 0.2) is 12.2 Å². The van der Waals surface area contributed by atoms with Crippen LogP contribution in [0.4, 0.5) is 0 Å². The molecule has 0 aromatic heterocycles. The fourth-order valence-corrected chi connectivity index (χ4v) is 2.92. The van der Waals surface area contributed by atoms with Gasteiger partial charge >= 0.3 is 0 Å². The molecule has 0 saturated heterocycles. The Hall–Kier alpha value is -0.300. The van der Waals surface area contributed by atoms with Crippen LogP contribution in [0.25, 0.3) is 0 Å². The van der Waals surface area contributed by atoms with Gasteiger partial charge in [0.1, 0.15) is 0 Å². The van der Waals surface area contributed by atoms with E-state index in [-0.39, 0.29) is 0 Å². The standard InChI is InChI=1S/C21H42O/c1-3-4-5-6-7-8-9-10-11-12-13-14-15-16-17-18-19-20-21-22-2/h19-20H,3-18,21H2,1-2H3. The third-order valence-corrected chi connectivity index (χ3v) is 4.40. The smallest absolute Gasteiger partial charge is 0.0643 e. The molecule has 0 aromatic carbocycles. The van der Waals surface area contributed by atoms with Gasteiger partial charge in [-0.1, -0.05) is 109 Å². The van der Waals surface area contributed by atoms with Crippen molar-refractivity contribution in [2.24, 2.45) is 0 Å². The highest BCUT2D eigenvalue weighted by atomic mass is 16.5.